The lowest BCUT2D eigenvalue weighted by Gasteiger charge is -2.20. The first-order valence-electron chi connectivity index (χ1n) is 6.89. The number of anilines is 1. The molecule has 5 heteroatoms. The SMILES string of the molecule is CCOc1ccc(NC(=O)NC(C)C(C)CO)c(C)c1. The maximum Gasteiger partial charge on any atom is 0.319 e. The number of nitrogens with one attached hydrogen (secondary N) is 2. The third kappa shape index (κ3) is 4.74. The molecule has 20 heavy (non-hydrogen) atoms. The van der Waals surface area contributed by atoms with E-state index in [1.54, 1.807) is 0 Å². The fourth-order valence-electron chi connectivity index (χ4n) is 1.70. The molecule has 0 saturated carbocycles. The molecule has 1 aromatic rings. The molecular weight excluding hydrogens is 256 g/mol. The minimum absolute atomic E-state index is 0.0159. The summed E-state index contributed by atoms with van der Waals surface area (Å²) in [7, 11) is 0. The van der Waals surface area contributed by atoms with Crippen molar-refractivity contribution in [3.63, 3.8) is 0 Å². The van der Waals surface area contributed by atoms with Crippen molar-refractivity contribution >= 4 is 11.7 Å². The van der Waals surface area contributed by atoms with E-state index >= 15 is 0 Å². The standard InChI is InChI=1S/C15H24N2O3/c1-5-20-13-6-7-14(10(2)8-13)17-15(19)16-12(4)11(3)9-18/h6-8,11-12,18H,5,9H2,1-4H3,(H2,16,17,19). The van der Waals surface area contributed by atoms with Crippen LogP contribution in [0.2, 0.25) is 0 Å². The average Bonchev–Trinajstić information content (AvgIpc) is 2.41. The van der Waals surface area contributed by atoms with Crippen LogP contribution in [0.1, 0.15) is 26.3 Å². The maximum absolute atomic E-state index is 11.9. The number of ether oxygens (including phenoxy) is 1. The molecule has 0 saturated heterocycles. The van der Waals surface area contributed by atoms with E-state index in [0.717, 1.165) is 17.0 Å². The molecule has 0 fully saturated rings. The molecule has 2 unspecified atom stereocenters. The van der Waals surface area contributed by atoms with Crippen molar-refractivity contribution in [1.29, 1.82) is 0 Å². The summed E-state index contributed by atoms with van der Waals surface area (Å²) < 4.78 is 5.40. The highest BCUT2D eigenvalue weighted by molar-refractivity contribution is 5.90. The number of hydrogen-bond donors (Lipinski definition) is 3. The van der Waals surface area contributed by atoms with Crippen LogP contribution < -0.4 is 15.4 Å². The molecule has 112 valence electrons. The second kappa shape index (κ2) is 7.75. The Balaban J connectivity index is 2.62. The molecular formula is C15H24N2O3. The Hall–Kier alpha value is -1.75. The highest BCUT2D eigenvalue weighted by Gasteiger charge is 2.14. The number of rotatable bonds is 6. The number of urea groups is 1. The summed E-state index contributed by atoms with van der Waals surface area (Å²) in [4.78, 5) is 11.9. The Kier molecular flexibility index (Phi) is 6.31. The molecule has 0 aromatic heterocycles. The Bertz CT molecular complexity index is 449. The molecule has 1 aromatic carbocycles. The van der Waals surface area contributed by atoms with Gasteiger partial charge in [-0.25, -0.2) is 4.79 Å². The highest BCUT2D eigenvalue weighted by Crippen LogP contribution is 2.21. The van der Waals surface area contributed by atoms with Crippen molar-refractivity contribution in [1.82, 2.24) is 5.32 Å². The number of aliphatic hydroxyl groups excluding tert-OH is 1. The Morgan fingerprint density at radius 2 is 2.10 bits per heavy atom. The van der Waals surface area contributed by atoms with Crippen LogP contribution in [0.15, 0.2) is 18.2 Å². The molecule has 0 spiro atoms. The number of carbonyl (C=O) groups excluding carboxylic acids is 1. The molecule has 2 amide bonds. The molecule has 5 nitrogen and oxygen atoms in total. The lowest BCUT2D eigenvalue weighted by Crippen LogP contribution is -2.40. The molecule has 0 radical (unpaired) electrons. The van der Waals surface area contributed by atoms with Crippen LogP contribution >= 0.6 is 0 Å². The third-order valence-electron chi connectivity index (χ3n) is 3.26. The van der Waals surface area contributed by atoms with Gasteiger partial charge in [0.2, 0.25) is 0 Å². The van der Waals surface area contributed by atoms with Gasteiger partial charge in [0.1, 0.15) is 5.75 Å². The number of amides is 2. The summed E-state index contributed by atoms with van der Waals surface area (Å²) in [5, 5.41) is 14.7. The lowest BCUT2D eigenvalue weighted by atomic mass is 10.1. The summed E-state index contributed by atoms with van der Waals surface area (Å²) in [5.41, 5.74) is 1.68. The Morgan fingerprint density at radius 3 is 2.65 bits per heavy atom. The normalized spacial score (nSPS) is 13.4. The summed E-state index contributed by atoms with van der Waals surface area (Å²) in [6, 6.07) is 5.17. The lowest BCUT2D eigenvalue weighted by molar-refractivity contribution is 0.204. The van der Waals surface area contributed by atoms with Gasteiger partial charge in [-0.1, -0.05) is 6.92 Å². The highest BCUT2D eigenvalue weighted by atomic mass is 16.5. The van der Waals surface area contributed by atoms with Crippen molar-refractivity contribution in [2.24, 2.45) is 5.92 Å². The van der Waals surface area contributed by atoms with Gasteiger partial charge in [-0.2, -0.15) is 0 Å². The summed E-state index contributed by atoms with van der Waals surface area (Å²) >= 11 is 0. The zero-order valence-electron chi connectivity index (χ0n) is 12.6. The van der Waals surface area contributed by atoms with E-state index in [1.807, 2.05) is 45.9 Å². The smallest absolute Gasteiger partial charge is 0.319 e. The van der Waals surface area contributed by atoms with Gasteiger partial charge in [-0.15, -0.1) is 0 Å². The number of hydrogen-bond acceptors (Lipinski definition) is 3. The van der Waals surface area contributed by atoms with E-state index in [9.17, 15) is 4.79 Å². The molecule has 0 aliphatic carbocycles. The fraction of sp³-hybridized carbons (Fsp3) is 0.533. The fourth-order valence-corrected chi connectivity index (χ4v) is 1.70. The largest absolute Gasteiger partial charge is 0.494 e. The molecule has 0 heterocycles. The zero-order chi connectivity index (χ0) is 15.1. The average molecular weight is 280 g/mol. The second-order valence-corrected chi connectivity index (χ2v) is 4.96. The summed E-state index contributed by atoms with van der Waals surface area (Å²) in [5.74, 6) is 0.806. The van der Waals surface area contributed by atoms with Crippen molar-refractivity contribution in [3.8, 4) is 5.75 Å². The van der Waals surface area contributed by atoms with E-state index in [2.05, 4.69) is 10.6 Å². The van der Waals surface area contributed by atoms with Crippen LogP contribution in [0.4, 0.5) is 10.5 Å². The number of benzene rings is 1. The zero-order valence-corrected chi connectivity index (χ0v) is 12.6. The predicted molar refractivity (Wildman–Crippen MR) is 80.2 cm³/mol. The molecule has 3 N–H and O–H groups in total. The van der Waals surface area contributed by atoms with Crippen LogP contribution in [0.5, 0.6) is 5.75 Å². The first-order chi connectivity index (χ1) is 9.47. The van der Waals surface area contributed by atoms with E-state index in [4.69, 9.17) is 9.84 Å². The van der Waals surface area contributed by atoms with Crippen LogP contribution in [0.3, 0.4) is 0 Å². The van der Waals surface area contributed by atoms with Gasteiger partial charge < -0.3 is 20.5 Å². The number of carbonyl (C=O) groups is 1. The van der Waals surface area contributed by atoms with Gasteiger partial charge in [0.25, 0.3) is 0 Å². The van der Waals surface area contributed by atoms with Gasteiger partial charge in [-0.05, 0) is 50.5 Å². The molecule has 0 aliphatic heterocycles. The number of aryl methyl sites for hydroxylation is 1. The first-order valence-corrected chi connectivity index (χ1v) is 6.89. The monoisotopic (exact) mass is 280 g/mol. The maximum atomic E-state index is 11.9. The number of aliphatic hydroxyl groups is 1. The molecule has 2 atom stereocenters. The van der Waals surface area contributed by atoms with Crippen LogP contribution in [0.25, 0.3) is 0 Å². The van der Waals surface area contributed by atoms with Gasteiger partial charge >= 0.3 is 6.03 Å². The van der Waals surface area contributed by atoms with Crippen LogP contribution in [-0.2, 0) is 0 Å². The Labute approximate surface area is 120 Å². The van der Waals surface area contributed by atoms with Crippen LogP contribution in [-0.4, -0.2) is 30.4 Å². The third-order valence-corrected chi connectivity index (χ3v) is 3.26. The van der Waals surface area contributed by atoms with Gasteiger partial charge in [-0.3, -0.25) is 0 Å². The van der Waals surface area contributed by atoms with E-state index in [1.165, 1.54) is 0 Å². The van der Waals surface area contributed by atoms with Crippen LogP contribution in [0, 0.1) is 12.8 Å². The molecule has 0 aliphatic rings. The van der Waals surface area contributed by atoms with Gasteiger partial charge in [0.15, 0.2) is 0 Å². The van der Waals surface area contributed by atoms with Crippen molar-refractivity contribution in [3.05, 3.63) is 23.8 Å². The summed E-state index contributed by atoms with van der Waals surface area (Å²) in [6.07, 6.45) is 0. The minimum atomic E-state index is -0.273. The van der Waals surface area contributed by atoms with Gasteiger partial charge in [0, 0.05) is 18.3 Å². The minimum Gasteiger partial charge on any atom is -0.494 e. The predicted octanol–water partition coefficient (Wildman–Crippen LogP) is 2.53. The summed E-state index contributed by atoms with van der Waals surface area (Å²) in [6.45, 7) is 8.25. The Morgan fingerprint density at radius 1 is 1.40 bits per heavy atom. The molecule has 1 rings (SSSR count). The van der Waals surface area contributed by atoms with Crippen molar-refractivity contribution in [2.75, 3.05) is 18.5 Å². The van der Waals surface area contributed by atoms with Gasteiger partial charge in [0.05, 0.1) is 6.61 Å². The van der Waals surface area contributed by atoms with E-state index < -0.39 is 0 Å². The van der Waals surface area contributed by atoms with E-state index in [0.29, 0.717) is 6.61 Å². The topological polar surface area (TPSA) is 70.6 Å². The van der Waals surface area contributed by atoms with Crippen molar-refractivity contribution < 1.29 is 14.6 Å². The van der Waals surface area contributed by atoms with E-state index in [-0.39, 0.29) is 24.6 Å². The first kappa shape index (κ1) is 16.3. The van der Waals surface area contributed by atoms with Crippen molar-refractivity contribution in [2.45, 2.75) is 33.7 Å². The quantitative estimate of drug-likeness (QED) is 0.750. The second-order valence-electron chi connectivity index (χ2n) is 4.96. The molecule has 0 bridgehead atoms.